The van der Waals surface area contributed by atoms with E-state index in [9.17, 15) is 4.79 Å². The molecule has 0 spiro atoms. The van der Waals surface area contributed by atoms with Gasteiger partial charge in [0, 0.05) is 21.6 Å². The molecule has 0 aliphatic heterocycles. The molecule has 0 aliphatic carbocycles. The summed E-state index contributed by atoms with van der Waals surface area (Å²) in [6.45, 7) is 2.85. The van der Waals surface area contributed by atoms with Gasteiger partial charge >= 0.3 is 0 Å². The third-order valence-corrected chi connectivity index (χ3v) is 2.87. The zero-order valence-electron chi connectivity index (χ0n) is 9.22. The number of nitrogens with one attached hydrogen (secondary N) is 1. The molecule has 0 unspecified atom stereocenters. The summed E-state index contributed by atoms with van der Waals surface area (Å²) in [5.74, 6) is -0.0701. The summed E-state index contributed by atoms with van der Waals surface area (Å²) in [7, 11) is 0. The van der Waals surface area contributed by atoms with Gasteiger partial charge in [-0.2, -0.15) is 0 Å². The van der Waals surface area contributed by atoms with E-state index in [1.54, 1.807) is 18.2 Å². The highest BCUT2D eigenvalue weighted by Gasteiger charge is 2.06. The quantitative estimate of drug-likeness (QED) is 0.818. The lowest BCUT2D eigenvalue weighted by Gasteiger charge is -2.05. The number of rotatable bonds is 5. The number of amides is 1. The highest BCUT2D eigenvalue weighted by Crippen LogP contribution is 2.19. The van der Waals surface area contributed by atoms with Crippen molar-refractivity contribution < 1.29 is 4.79 Å². The van der Waals surface area contributed by atoms with Gasteiger partial charge in [-0.15, -0.1) is 0 Å². The van der Waals surface area contributed by atoms with Gasteiger partial charge in [-0.1, -0.05) is 47.3 Å². The molecular formula is C12H15BrClNO. The maximum atomic E-state index is 11.7. The lowest BCUT2D eigenvalue weighted by atomic mass is 10.2. The Kier molecular flexibility index (Phi) is 5.85. The van der Waals surface area contributed by atoms with E-state index in [1.165, 1.54) is 0 Å². The van der Waals surface area contributed by atoms with E-state index >= 15 is 0 Å². The molecule has 1 amide bonds. The Bertz CT molecular complexity index is 348. The molecule has 1 rings (SSSR count). The lowest BCUT2D eigenvalue weighted by molar-refractivity contribution is 0.0953. The van der Waals surface area contributed by atoms with Crippen LogP contribution in [-0.2, 0) is 0 Å². The van der Waals surface area contributed by atoms with Crippen molar-refractivity contribution >= 4 is 33.4 Å². The topological polar surface area (TPSA) is 29.1 Å². The Morgan fingerprint density at radius 3 is 2.75 bits per heavy atom. The molecule has 1 aromatic carbocycles. The van der Waals surface area contributed by atoms with Crippen LogP contribution in [0, 0.1) is 0 Å². The molecule has 0 bridgehead atoms. The number of hydrogen-bond donors (Lipinski definition) is 1. The molecular weight excluding hydrogens is 289 g/mol. The van der Waals surface area contributed by atoms with Crippen LogP contribution in [0.4, 0.5) is 0 Å². The molecule has 0 aromatic heterocycles. The summed E-state index contributed by atoms with van der Waals surface area (Å²) in [6, 6.07) is 5.19. The summed E-state index contributed by atoms with van der Waals surface area (Å²) >= 11 is 9.18. The number of hydrogen-bond acceptors (Lipinski definition) is 1. The number of carbonyl (C=O) groups excluding carboxylic acids is 1. The van der Waals surface area contributed by atoms with Crippen molar-refractivity contribution in [1.29, 1.82) is 0 Å². The van der Waals surface area contributed by atoms with Crippen LogP contribution in [0.25, 0.3) is 0 Å². The van der Waals surface area contributed by atoms with E-state index < -0.39 is 0 Å². The van der Waals surface area contributed by atoms with Crippen LogP contribution in [0.5, 0.6) is 0 Å². The van der Waals surface area contributed by atoms with Gasteiger partial charge in [0.2, 0.25) is 0 Å². The molecule has 1 aromatic rings. The van der Waals surface area contributed by atoms with Gasteiger partial charge < -0.3 is 5.32 Å². The third-order valence-electron chi connectivity index (χ3n) is 2.19. The Balaban J connectivity index is 2.52. The minimum Gasteiger partial charge on any atom is -0.352 e. The van der Waals surface area contributed by atoms with Crippen molar-refractivity contribution in [3.8, 4) is 0 Å². The predicted octanol–water partition coefficient (Wildman–Crippen LogP) is 4.02. The highest BCUT2D eigenvalue weighted by atomic mass is 79.9. The van der Waals surface area contributed by atoms with Crippen LogP contribution < -0.4 is 5.32 Å². The van der Waals surface area contributed by atoms with Gasteiger partial charge in [0.05, 0.1) is 0 Å². The maximum Gasteiger partial charge on any atom is 0.251 e. The van der Waals surface area contributed by atoms with Gasteiger partial charge in [-0.3, -0.25) is 4.79 Å². The first-order valence-electron chi connectivity index (χ1n) is 5.37. The van der Waals surface area contributed by atoms with Crippen LogP contribution in [0.1, 0.15) is 36.5 Å². The monoisotopic (exact) mass is 303 g/mol. The molecule has 0 heterocycles. The van der Waals surface area contributed by atoms with E-state index in [1.807, 2.05) is 0 Å². The second-order valence-corrected chi connectivity index (χ2v) is 4.97. The standard InChI is InChI=1S/C12H15BrClNO/c1-2-3-4-5-15-12(16)9-6-10(13)8-11(14)7-9/h6-8H,2-5H2,1H3,(H,15,16). The van der Waals surface area contributed by atoms with E-state index in [-0.39, 0.29) is 5.91 Å². The number of carbonyl (C=O) groups is 1. The van der Waals surface area contributed by atoms with Crippen molar-refractivity contribution in [2.75, 3.05) is 6.54 Å². The summed E-state index contributed by atoms with van der Waals surface area (Å²) in [4.78, 5) is 11.7. The molecule has 0 atom stereocenters. The minimum absolute atomic E-state index is 0.0701. The number of unbranched alkanes of at least 4 members (excludes halogenated alkanes) is 2. The molecule has 0 aliphatic rings. The fourth-order valence-electron chi connectivity index (χ4n) is 1.36. The van der Waals surface area contributed by atoms with E-state index in [2.05, 4.69) is 28.2 Å². The summed E-state index contributed by atoms with van der Waals surface area (Å²) in [5.41, 5.74) is 0.593. The van der Waals surface area contributed by atoms with Crippen LogP contribution in [0.2, 0.25) is 5.02 Å². The highest BCUT2D eigenvalue weighted by molar-refractivity contribution is 9.10. The zero-order chi connectivity index (χ0) is 12.0. The first kappa shape index (κ1) is 13.5. The number of halogens is 2. The average Bonchev–Trinajstić information content (AvgIpc) is 2.22. The Hall–Kier alpha value is -0.540. The molecule has 88 valence electrons. The first-order valence-corrected chi connectivity index (χ1v) is 6.55. The molecule has 4 heteroatoms. The summed E-state index contributed by atoms with van der Waals surface area (Å²) in [5, 5.41) is 3.43. The Morgan fingerprint density at radius 1 is 1.38 bits per heavy atom. The number of benzene rings is 1. The van der Waals surface area contributed by atoms with Crippen molar-refractivity contribution in [2.45, 2.75) is 26.2 Å². The predicted molar refractivity (Wildman–Crippen MR) is 71.0 cm³/mol. The fourth-order valence-corrected chi connectivity index (χ4v) is 2.22. The summed E-state index contributed by atoms with van der Waals surface area (Å²) in [6.07, 6.45) is 3.31. The molecule has 0 saturated heterocycles. The van der Waals surface area contributed by atoms with E-state index in [4.69, 9.17) is 11.6 Å². The maximum absolute atomic E-state index is 11.7. The first-order chi connectivity index (χ1) is 7.63. The van der Waals surface area contributed by atoms with E-state index in [0.29, 0.717) is 10.6 Å². The van der Waals surface area contributed by atoms with Gasteiger partial charge in [-0.05, 0) is 24.6 Å². The van der Waals surface area contributed by atoms with Crippen LogP contribution >= 0.6 is 27.5 Å². The largest absolute Gasteiger partial charge is 0.352 e. The molecule has 0 saturated carbocycles. The second-order valence-electron chi connectivity index (χ2n) is 3.62. The van der Waals surface area contributed by atoms with Crippen molar-refractivity contribution in [3.63, 3.8) is 0 Å². The Morgan fingerprint density at radius 2 is 2.12 bits per heavy atom. The molecule has 2 nitrogen and oxygen atoms in total. The summed E-state index contributed by atoms with van der Waals surface area (Å²) < 4.78 is 0.818. The van der Waals surface area contributed by atoms with Crippen LogP contribution in [-0.4, -0.2) is 12.5 Å². The fraction of sp³-hybridized carbons (Fsp3) is 0.417. The Labute approximate surface area is 110 Å². The van der Waals surface area contributed by atoms with E-state index in [0.717, 1.165) is 30.3 Å². The van der Waals surface area contributed by atoms with Crippen molar-refractivity contribution in [2.24, 2.45) is 0 Å². The minimum atomic E-state index is -0.0701. The van der Waals surface area contributed by atoms with Gasteiger partial charge in [0.1, 0.15) is 0 Å². The molecule has 16 heavy (non-hydrogen) atoms. The van der Waals surface area contributed by atoms with Gasteiger partial charge in [0.15, 0.2) is 0 Å². The second kappa shape index (κ2) is 6.92. The lowest BCUT2D eigenvalue weighted by Crippen LogP contribution is -2.24. The van der Waals surface area contributed by atoms with Gasteiger partial charge in [0.25, 0.3) is 5.91 Å². The SMILES string of the molecule is CCCCCNC(=O)c1cc(Cl)cc(Br)c1. The molecule has 1 N–H and O–H groups in total. The smallest absolute Gasteiger partial charge is 0.251 e. The normalized spacial score (nSPS) is 10.2. The van der Waals surface area contributed by atoms with Crippen molar-refractivity contribution in [3.05, 3.63) is 33.3 Å². The molecule has 0 fully saturated rings. The average molecular weight is 305 g/mol. The van der Waals surface area contributed by atoms with Crippen LogP contribution in [0.15, 0.2) is 22.7 Å². The van der Waals surface area contributed by atoms with Gasteiger partial charge in [-0.25, -0.2) is 0 Å². The van der Waals surface area contributed by atoms with Crippen molar-refractivity contribution in [1.82, 2.24) is 5.32 Å². The third kappa shape index (κ3) is 4.54. The van der Waals surface area contributed by atoms with Crippen LogP contribution in [0.3, 0.4) is 0 Å². The zero-order valence-corrected chi connectivity index (χ0v) is 11.6. The molecule has 0 radical (unpaired) electrons.